The molecule has 0 radical (unpaired) electrons. The Hall–Kier alpha value is -1.62. The Balaban J connectivity index is 2.35. The fraction of sp³-hybridized carbons (Fsp3) is 0.182. The van der Waals surface area contributed by atoms with E-state index in [1.807, 2.05) is 19.1 Å². The maximum absolute atomic E-state index is 5.61. The number of thiol groups is 1. The largest absolute Gasteiger partial charge is 0.384 e. The molecule has 2 aromatic rings. The lowest BCUT2D eigenvalue weighted by atomic mass is 10.2. The summed E-state index contributed by atoms with van der Waals surface area (Å²) in [5.74, 6) is 1.19. The van der Waals surface area contributed by atoms with Crippen molar-refractivity contribution in [3.8, 4) is 11.3 Å². The molecule has 1 atom stereocenters. The molecule has 0 saturated heterocycles. The average Bonchev–Trinajstić information content (AvgIpc) is 2.29. The number of nitrogens with two attached hydrogens (primary N) is 1. The molecule has 0 aliphatic carbocycles. The highest BCUT2D eigenvalue weighted by atomic mass is 32.1. The van der Waals surface area contributed by atoms with Gasteiger partial charge in [0.05, 0.1) is 10.9 Å². The lowest BCUT2D eigenvalue weighted by molar-refractivity contribution is 0.925. The molecule has 2 heterocycles. The summed E-state index contributed by atoms with van der Waals surface area (Å²) in [5, 5.41) is 0.0304. The monoisotopic (exact) mass is 232 g/mol. The third kappa shape index (κ3) is 2.30. The van der Waals surface area contributed by atoms with Crippen molar-refractivity contribution in [1.82, 2.24) is 15.0 Å². The Morgan fingerprint density at radius 2 is 1.94 bits per heavy atom. The van der Waals surface area contributed by atoms with E-state index >= 15 is 0 Å². The van der Waals surface area contributed by atoms with Crippen molar-refractivity contribution in [2.24, 2.45) is 0 Å². The Morgan fingerprint density at radius 1 is 1.25 bits per heavy atom. The van der Waals surface area contributed by atoms with Gasteiger partial charge in [0.15, 0.2) is 0 Å². The zero-order valence-electron chi connectivity index (χ0n) is 8.83. The highest BCUT2D eigenvalue weighted by Crippen LogP contribution is 2.18. The molecule has 2 aromatic heterocycles. The van der Waals surface area contributed by atoms with Gasteiger partial charge in [-0.05, 0) is 19.1 Å². The molecule has 0 saturated carbocycles. The molecule has 0 spiro atoms. The van der Waals surface area contributed by atoms with Crippen molar-refractivity contribution in [3.05, 3.63) is 36.4 Å². The van der Waals surface area contributed by atoms with Gasteiger partial charge in [-0.1, -0.05) is 6.07 Å². The first-order valence-corrected chi connectivity index (χ1v) is 5.41. The summed E-state index contributed by atoms with van der Waals surface area (Å²) in [6.07, 6.45) is 3.47. The maximum Gasteiger partial charge on any atom is 0.140 e. The minimum absolute atomic E-state index is 0.0304. The van der Waals surface area contributed by atoms with Gasteiger partial charge in [0, 0.05) is 18.0 Å². The fourth-order valence-corrected chi connectivity index (χ4v) is 1.43. The van der Waals surface area contributed by atoms with E-state index in [4.69, 9.17) is 5.73 Å². The van der Waals surface area contributed by atoms with Crippen molar-refractivity contribution in [2.75, 3.05) is 5.73 Å². The van der Waals surface area contributed by atoms with E-state index in [1.54, 1.807) is 18.5 Å². The average molecular weight is 232 g/mol. The molecular formula is C11H12N4S. The molecule has 82 valence electrons. The molecular weight excluding hydrogens is 220 g/mol. The molecule has 1 unspecified atom stereocenters. The third-order valence-corrected chi connectivity index (χ3v) is 2.34. The topological polar surface area (TPSA) is 64.7 Å². The molecule has 16 heavy (non-hydrogen) atoms. The Kier molecular flexibility index (Phi) is 3.05. The molecule has 2 N–H and O–H groups in total. The maximum atomic E-state index is 5.61. The molecule has 0 bridgehead atoms. The second-order valence-corrected chi connectivity index (χ2v) is 4.23. The third-order valence-electron chi connectivity index (χ3n) is 2.11. The van der Waals surface area contributed by atoms with E-state index in [-0.39, 0.29) is 5.25 Å². The van der Waals surface area contributed by atoms with Gasteiger partial charge in [0.25, 0.3) is 0 Å². The molecule has 5 heteroatoms. The zero-order chi connectivity index (χ0) is 11.5. The van der Waals surface area contributed by atoms with Crippen molar-refractivity contribution >= 4 is 18.4 Å². The molecule has 2 rings (SSSR count). The highest BCUT2D eigenvalue weighted by molar-refractivity contribution is 7.80. The predicted molar refractivity (Wildman–Crippen MR) is 67.1 cm³/mol. The SMILES string of the molecule is CC(S)c1ncc(-c2cccc(N)n2)cn1. The number of anilines is 1. The molecule has 0 aliphatic heterocycles. The lowest BCUT2D eigenvalue weighted by Gasteiger charge is -2.04. The Labute approximate surface area is 99.4 Å². The van der Waals surface area contributed by atoms with Gasteiger partial charge in [-0.2, -0.15) is 12.6 Å². The van der Waals surface area contributed by atoms with Crippen LogP contribution in [0.15, 0.2) is 30.6 Å². The first kappa shape index (κ1) is 10.9. The number of hydrogen-bond donors (Lipinski definition) is 2. The van der Waals surface area contributed by atoms with Crippen LogP contribution in [0.4, 0.5) is 5.82 Å². The second-order valence-electron chi connectivity index (χ2n) is 3.45. The summed E-state index contributed by atoms with van der Waals surface area (Å²) in [6, 6.07) is 5.47. The number of nitrogen functional groups attached to an aromatic ring is 1. The summed E-state index contributed by atoms with van der Waals surface area (Å²) in [6.45, 7) is 1.93. The number of rotatable bonds is 2. The van der Waals surface area contributed by atoms with Crippen LogP contribution in [0.5, 0.6) is 0 Å². The van der Waals surface area contributed by atoms with E-state index in [0.29, 0.717) is 11.6 Å². The predicted octanol–water partition coefficient (Wildman–Crippen LogP) is 2.11. The van der Waals surface area contributed by atoms with Crippen LogP contribution in [0.3, 0.4) is 0 Å². The van der Waals surface area contributed by atoms with E-state index in [1.165, 1.54) is 0 Å². The van der Waals surface area contributed by atoms with Crippen molar-refractivity contribution < 1.29 is 0 Å². The molecule has 0 aliphatic rings. The minimum Gasteiger partial charge on any atom is -0.384 e. The first-order chi connectivity index (χ1) is 7.66. The summed E-state index contributed by atoms with van der Waals surface area (Å²) in [4.78, 5) is 12.6. The summed E-state index contributed by atoms with van der Waals surface area (Å²) >= 11 is 4.26. The summed E-state index contributed by atoms with van der Waals surface area (Å²) in [5.41, 5.74) is 7.24. The van der Waals surface area contributed by atoms with E-state index in [2.05, 4.69) is 27.6 Å². The number of hydrogen-bond acceptors (Lipinski definition) is 5. The summed E-state index contributed by atoms with van der Waals surface area (Å²) in [7, 11) is 0. The number of aromatic nitrogens is 3. The van der Waals surface area contributed by atoms with Crippen LogP contribution >= 0.6 is 12.6 Å². The molecule has 0 aromatic carbocycles. The number of pyridine rings is 1. The number of nitrogens with zero attached hydrogens (tertiary/aromatic N) is 3. The van der Waals surface area contributed by atoms with Gasteiger partial charge in [-0.15, -0.1) is 0 Å². The van der Waals surface area contributed by atoms with Crippen LogP contribution in [0.25, 0.3) is 11.3 Å². The van der Waals surface area contributed by atoms with Crippen LogP contribution in [0, 0.1) is 0 Å². The first-order valence-electron chi connectivity index (χ1n) is 4.90. The van der Waals surface area contributed by atoms with E-state index in [0.717, 1.165) is 11.3 Å². The van der Waals surface area contributed by atoms with Gasteiger partial charge in [0.1, 0.15) is 11.6 Å². The van der Waals surface area contributed by atoms with E-state index in [9.17, 15) is 0 Å². The van der Waals surface area contributed by atoms with Gasteiger partial charge in [-0.25, -0.2) is 15.0 Å². The van der Waals surface area contributed by atoms with Crippen molar-refractivity contribution in [3.63, 3.8) is 0 Å². The van der Waals surface area contributed by atoms with Gasteiger partial charge >= 0.3 is 0 Å². The van der Waals surface area contributed by atoms with Crippen LogP contribution in [0.2, 0.25) is 0 Å². The van der Waals surface area contributed by atoms with Crippen LogP contribution in [0.1, 0.15) is 18.0 Å². The summed E-state index contributed by atoms with van der Waals surface area (Å²) < 4.78 is 0. The smallest absolute Gasteiger partial charge is 0.140 e. The molecule has 0 amide bonds. The van der Waals surface area contributed by atoms with Gasteiger partial charge < -0.3 is 5.73 Å². The quantitative estimate of drug-likeness (QED) is 0.778. The van der Waals surface area contributed by atoms with Crippen LogP contribution in [-0.4, -0.2) is 15.0 Å². The fourth-order valence-electron chi connectivity index (χ4n) is 1.30. The van der Waals surface area contributed by atoms with Crippen LogP contribution < -0.4 is 5.73 Å². The Bertz CT molecular complexity index is 482. The second kappa shape index (κ2) is 4.49. The molecule has 4 nitrogen and oxygen atoms in total. The Morgan fingerprint density at radius 3 is 2.50 bits per heavy atom. The highest BCUT2D eigenvalue weighted by Gasteiger charge is 2.05. The lowest BCUT2D eigenvalue weighted by Crippen LogP contribution is -1.96. The minimum atomic E-state index is 0.0304. The zero-order valence-corrected chi connectivity index (χ0v) is 9.72. The molecule has 0 fully saturated rings. The normalized spacial score (nSPS) is 12.4. The van der Waals surface area contributed by atoms with Crippen molar-refractivity contribution in [1.29, 1.82) is 0 Å². The van der Waals surface area contributed by atoms with E-state index < -0.39 is 0 Å². The standard InChI is InChI=1S/C11H12N4S/c1-7(16)11-13-5-8(6-14-11)9-3-2-4-10(12)15-9/h2-7,16H,1H3,(H2,12,15). The van der Waals surface area contributed by atoms with Crippen LogP contribution in [-0.2, 0) is 0 Å². The van der Waals surface area contributed by atoms with Gasteiger partial charge in [-0.3, -0.25) is 0 Å². The van der Waals surface area contributed by atoms with Crippen molar-refractivity contribution in [2.45, 2.75) is 12.2 Å². The van der Waals surface area contributed by atoms with Gasteiger partial charge in [0.2, 0.25) is 0 Å².